The number of benzene rings is 1. The van der Waals surface area contributed by atoms with Crippen molar-refractivity contribution in [2.75, 3.05) is 11.5 Å². The van der Waals surface area contributed by atoms with Crippen LogP contribution in [0.3, 0.4) is 0 Å². The molecule has 17 heavy (non-hydrogen) atoms. The molecule has 1 aliphatic rings. The Hall–Kier alpha value is -0.295. The first-order valence-corrected chi connectivity index (χ1v) is 7.28. The van der Waals surface area contributed by atoms with E-state index in [1.54, 1.807) is 11.8 Å². The van der Waals surface area contributed by atoms with Crippen LogP contribution in [0.4, 0.5) is 17.3 Å². The van der Waals surface area contributed by atoms with Crippen LogP contribution in [0.15, 0.2) is 24.3 Å². The van der Waals surface area contributed by atoms with E-state index in [1.165, 1.54) is 22.6 Å². The summed E-state index contributed by atoms with van der Waals surface area (Å²) >= 11 is 3.69. The molecule has 0 aromatic heterocycles. The highest BCUT2D eigenvalue weighted by atomic mass is 32.2. The van der Waals surface area contributed by atoms with Gasteiger partial charge in [0.15, 0.2) is 4.58 Å². The predicted octanol–water partition coefficient (Wildman–Crippen LogP) is 3.86. The second kappa shape index (κ2) is 6.59. The van der Waals surface area contributed by atoms with Gasteiger partial charge in [-0.25, -0.2) is 0 Å². The van der Waals surface area contributed by atoms with Gasteiger partial charge in [0.05, 0.1) is 0 Å². The van der Waals surface area contributed by atoms with Crippen molar-refractivity contribution in [1.82, 2.24) is 0 Å². The SMILES string of the molecule is Cc1ccc(C2SCC[SH+]2)cc1.F[B-](F)(F)F. The summed E-state index contributed by atoms with van der Waals surface area (Å²) in [5.41, 5.74) is 2.86. The molecule has 1 aromatic carbocycles. The van der Waals surface area contributed by atoms with Gasteiger partial charge < -0.3 is 17.3 Å². The molecule has 1 atom stereocenters. The van der Waals surface area contributed by atoms with E-state index in [0.717, 1.165) is 4.58 Å². The highest BCUT2D eigenvalue weighted by Crippen LogP contribution is 2.35. The maximum absolute atomic E-state index is 9.75. The predicted molar refractivity (Wildman–Crippen MR) is 70.2 cm³/mol. The third-order valence-corrected chi connectivity index (χ3v) is 5.36. The zero-order valence-corrected chi connectivity index (χ0v) is 11.0. The smallest absolute Gasteiger partial charge is 0.418 e. The number of thiol groups is 1. The van der Waals surface area contributed by atoms with Crippen molar-refractivity contribution in [3.05, 3.63) is 35.4 Å². The molecule has 1 aliphatic heterocycles. The fourth-order valence-corrected chi connectivity index (χ4v) is 4.41. The number of hydrogen-bond donors (Lipinski definition) is 0. The first-order chi connectivity index (χ1) is 7.86. The fraction of sp³-hybridized carbons (Fsp3) is 0.400. The Morgan fingerprint density at radius 2 is 1.71 bits per heavy atom. The lowest BCUT2D eigenvalue weighted by Crippen LogP contribution is -2.02. The molecule has 0 nitrogen and oxygen atoms in total. The third kappa shape index (κ3) is 6.88. The first-order valence-electron chi connectivity index (χ1n) is 5.08. The molecule has 0 N–H and O–H groups in total. The molecule has 1 fully saturated rings. The summed E-state index contributed by atoms with van der Waals surface area (Å²) in [7, 11) is -6.00. The minimum Gasteiger partial charge on any atom is -0.418 e. The van der Waals surface area contributed by atoms with Crippen LogP contribution in [0.5, 0.6) is 0 Å². The molecule has 0 bridgehead atoms. The lowest BCUT2D eigenvalue weighted by atomic mass is 10.2. The lowest BCUT2D eigenvalue weighted by molar-refractivity contribution is 0.368. The number of aryl methyl sites for hydroxylation is 1. The minimum absolute atomic E-state index is 0.755. The van der Waals surface area contributed by atoms with Gasteiger partial charge in [0.2, 0.25) is 0 Å². The van der Waals surface area contributed by atoms with Gasteiger partial charge in [0.25, 0.3) is 0 Å². The zero-order chi connectivity index (χ0) is 12.9. The number of hydrogen-bond acceptors (Lipinski definition) is 1. The summed E-state index contributed by atoms with van der Waals surface area (Å²) in [6.07, 6.45) is 0. The molecular formula is C10H13BF4S2. The van der Waals surface area contributed by atoms with E-state index in [9.17, 15) is 17.3 Å². The van der Waals surface area contributed by atoms with Gasteiger partial charge >= 0.3 is 7.25 Å². The lowest BCUT2D eigenvalue weighted by Gasteiger charge is -2.01. The molecule has 1 unspecified atom stereocenters. The van der Waals surface area contributed by atoms with Gasteiger partial charge in [-0.2, -0.15) is 0 Å². The van der Waals surface area contributed by atoms with Crippen molar-refractivity contribution in [3.8, 4) is 0 Å². The summed E-state index contributed by atoms with van der Waals surface area (Å²) < 4.78 is 39.8. The Morgan fingerprint density at radius 3 is 2.12 bits per heavy atom. The van der Waals surface area contributed by atoms with Crippen LogP contribution in [0.25, 0.3) is 0 Å². The van der Waals surface area contributed by atoms with Crippen LogP contribution in [-0.2, 0) is 11.8 Å². The molecule has 0 saturated carbocycles. The van der Waals surface area contributed by atoms with E-state index < -0.39 is 7.25 Å². The summed E-state index contributed by atoms with van der Waals surface area (Å²) in [4.78, 5) is 0. The van der Waals surface area contributed by atoms with E-state index in [4.69, 9.17) is 0 Å². The van der Waals surface area contributed by atoms with E-state index in [0.29, 0.717) is 0 Å². The standard InChI is InChI=1S/C10H12S2.BF4/c1-8-2-4-9(5-3-8)10-11-6-7-12-10;2-1(3,4)5/h2-5,10H,6-7H2,1H3;/q;-1/p+1. The van der Waals surface area contributed by atoms with Crippen LogP contribution in [-0.4, -0.2) is 18.8 Å². The van der Waals surface area contributed by atoms with E-state index in [-0.39, 0.29) is 0 Å². The summed E-state index contributed by atoms with van der Waals surface area (Å²) in [6.45, 7) is 2.14. The largest absolute Gasteiger partial charge is 0.673 e. The molecule has 0 radical (unpaired) electrons. The van der Waals surface area contributed by atoms with Crippen LogP contribution >= 0.6 is 11.8 Å². The van der Waals surface area contributed by atoms with Crippen LogP contribution in [0, 0.1) is 6.92 Å². The van der Waals surface area contributed by atoms with E-state index in [1.807, 2.05) is 0 Å². The molecule has 0 spiro atoms. The van der Waals surface area contributed by atoms with Crippen LogP contribution in [0.1, 0.15) is 15.7 Å². The number of halogens is 4. The molecule has 96 valence electrons. The van der Waals surface area contributed by atoms with Crippen molar-refractivity contribution in [1.29, 1.82) is 0 Å². The Labute approximate surface area is 107 Å². The maximum atomic E-state index is 9.75. The molecule has 0 amide bonds. The number of thioether (sulfide) groups is 1. The second-order valence-electron chi connectivity index (χ2n) is 3.53. The van der Waals surface area contributed by atoms with Gasteiger partial charge in [0.1, 0.15) is 5.75 Å². The highest BCUT2D eigenvalue weighted by molar-refractivity contribution is 8.11. The third-order valence-electron chi connectivity index (χ3n) is 2.02. The van der Waals surface area contributed by atoms with Crippen LogP contribution in [0.2, 0.25) is 0 Å². The van der Waals surface area contributed by atoms with Crippen molar-refractivity contribution in [3.63, 3.8) is 0 Å². The molecule has 1 saturated heterocycles. The van der Waals surface area contributed by atoms with Crippen molar-refractivity contribution < 1.29 is 17.3 Å². The quantitative estimate of drug-likeness (QED) is 0.326. The highest BCUT2D eigenvalue weighted by Gasteiger charge is 2.25. The van der Waals surface area contributed by atoms with Crippen molar-refractivity contribution in [2.45, 2.75) is 11.5 Å². The second-order valence-corrected chi connectivity index (χ2v) is 6.43. The van der Waals surface area contributed by atoms with Crippen LogP contribution < -0.4 is 0 Å². The molecule has 1 heterocycles. The fourth-order valence-electron chi connectivity index (χ4n) is 1.32. The van der Waals surface area contributed by atoms with E-state index in [2.05, 4.69) is 43.0 Å². The summed E-state index contributed by atoms with van der Waals surface area (Å²) in [5, 5.41) is 0. The average molecular weight is 284 g/mol. The van der Waals surface area contributed by atoms with Gasteiger partial charge in [-0.1, -0.05) is 41.6 Å². The monoisotopic (exact) mass is 284 g/mol. The summed E-state index contributed by atoms with van der Waals surface area (Å²) in [6, 6.07) is 8.96. The zero-order valence-electron chi connectivity index (χ0n) is 9.25. The topological polar surface area (TPSA) is 0 Å². The molecular weight excluding hydrogens is 271 g/mol. The van der Waals surface area contributed by atoms with E-state index >= 15 is 0 Å². The van der Waals surface area contributed by atoms with Gasteiger partial charge in [-0.05, 0) is 18.7 Å². The Balaban J connectivity index is 0.000000249. The molecule has 0 aliphatic carbocycles. The Bertz CT molecular complexity index is 327. The van der Waals surface area contributed by atoms with Gasteiger partial charge in [0, 0.05) is 11.3 Å². The minimum atomic E-state index is -6.00. The Morgan fingerprint density at radius 1 is 1.18 bits per heavy atom. The molecule has 7 heteroatoms. The van der Waals surface area contributed by atoms with Gasteiger partial charge in [-0.3, -0.25) is 0 Å². The first kappa shape index (κ1) is 14.8. The molecule has 2 rings (SSSR count). The van der Waals surface area contributed by atoms with Gasteiger partial charge in [-0.15, -0.1) is 0 Å². The Kier molecular flexibility index (Phi) is 5.72. The average Bonchev–Trinajstić information content (AvgIpc) is 2.69. The van der Waals surface area contributed by atoms with Crippen molar-refractivity contribution >= 4 is 30.8 Å². The molecule has 1 aromatic rings. The number of rotatable bonds is 1. The normalized spacial score (nSPS) is 19.7. The summed E-state index contributed by atoms with van der Waals surface area (Å²) in [5.74, 6) is 2.70. The van der Waals surface area contributed by atoms with Crippen molar-refractivity contribution in [2.24, 2.45) is 0 Å². The maximum Gasteiger partial charge on any atom is 0.673 e.